The van der Waals surface area contributed by atoms with Gasteiger partial charge in [-0.25, -0.2) is 4.39 Å². The van der Waals surface area contributed by atoms with Gasteiger partial charge in [-0.1, -0.05) is 18.2 Å². The standard InChI is InChI=1S/C20H31FN4O2/c1-4-25(5-2)20(27)16-24-12-10-23(11-13-24)15-19(26)22(3)14-17-8-6-7-9-18(17)21/h6-9H,4-5,10-16H2,1-3H3. The number of nitrogens with zero attached hydrogens (tertiary/aromatic N) is 4. The van der Waals surface area contributed by atoms with Crippen molar-refractivity contribution in [3.05, 3.63) is 35.6 Å². The van der Waals surface area contributed by atoms with E-state index in [4.69, 9.17) is 0 Å². The van der Waals surface area contributed by atoms with Gasteiger partial charge in [0.15, 0.2) is 0 Å². The summed E-state index contributed by atoms with van der Waals surface area (Å²) in [6, 6.07) is 6.53. The summed E-state index contributed by atoms with van der Waals surface area (Å²) in [5, 5.41) is 0. The highest BCUT2D eigenvalue weighted by molar-refractivity contribution is 5.78. The van der Waals surface area contributed by atoms with Crippen LogP contribution in [-0.2, 0) is 16.1 Å². The maximum absolute atomic E-state index is 13.7. The van der Waals surface area contributed by atoms with E-state index in [1.54, 1.807) is 30.1 Å². The minimum Gasteiger partial charge on any atom is -0.342 e. The lowest BCUT2D eigenvalue weighted by molar-refractivity contribution is -0.134. The zero-order valence-corrected chi connectivity index (χ0v) is 16.7. The van der Waals surface area contributed by atoms with Crippen LogP contribution in [0.5, 0.6) is 0 Å². The molecular weight excluding hydrogens is 347 g/mol. The van der Waals surface area contributed by atoms with Crippen LogP contribution in [0.1, 0.15) is 19.4 Å². The van der Waals surface area contributed by atoms with Gasteiger partial charge in [-0.15, -0.1) is 0 Å². The first-order valence-electron chi connectivity index (χ1n) is 9.64. The lowest BCUT2D eigenvalue weighted by Gasteiger charge is -2.35. The molecule has 1 fully saturated rings. The lowest BCUT2D eigenvalue weighted by Crippen LogP contribution is -2.52. The Hall–Kier alpha value is -1.99. The number of hydrogen-bond acceptors (Lipinski definition) is 4. The van der Waals surface area contributed by atoms with Gasteiger partial charge in [0.25, 0.3) is 0 Å². The molecule has 1 heterocycles. The van der Waals surface area contributed by atoms with Crippen molar-refractivity contribution in [3.63, 3.8) is 0 Å². The summed E-state index contributed by atoms with van der Waals surface area (Å²) in [6.45, 7) is 9.54. The summed E-state index contributed by atoms with van der Waals surface area (Å²) in [7, 11) is 1.70. The van der Waals surface area contributed by atoms with Gasteiger partial charge >= 0.3 is 0 Å². The van der Waals surface area contributed by atoms with Crippen molar-refractivity contribution in [2.45, 2.75) is 20.4 Å². The molecule has 150 valence electrons. The predicted octanol–water partition coefficient (Wildman–Crippen LogP) is 1.27. The van der Waals surface area contributed by atoms with E-state index in [0.717, 1.165) is 39.3 Å². The molecule has 0 unspecified atom stereocenters. The molecule has 0 spiro atoms. The Bertz CT molecular complexity index is 628. The molecule has 1 aromatic rings. The van der Waals surface area contributed by atoms with E-state index in [1.807, 2.05) is 18.7 Å². The van der Waals surface area contributed by atoms with Crippen molar-refractivity contribution in [2.24, 2.45) is 0 Å². The normalized spacial score (nSPS) is 15.6. The van der Waals surface area contributed by atoms with Crippen molar-refractivity contribution in [1.82, 2.24) is 19.6 Å². The molecule has 0 atom stereocenters. The SMILES string of the molecule is CCN(CC)C(=O)CN1CCN(CC(=O)N(C)Cc2ccccc2F)CC1. The molecule has 1 aromatic carbocycles. The maximum Gasteiger partial charge on any atom is 0.236 e. The average Bonchev–Trinajstić information content (AvgIpc) is 2.66. The molecule has 0 N–H and O–H groups in total. The van der Waals surface area contributed by atoms with Gasteiger partial charge in [-0.05, 0) is 19.9 Å². The fourth-order valence-corrected chi connectivity index (χ4v) is 3.26. The second-order valence-corrected chi connectivity index (χ2v) is 6.96. The molecule has 0 aliphatic carbocycles. The number of carbonyl (C=O) groups excluding carboxylic acids is 2. The van der Waals surface area contributed by atoms with E-state index in [0.29, 0.717) is 18.7 Å². The third kappa shape index (κ3) is 6.29. The maximum atomic E-state index is 13.7. The zero-order valence-electron chi connectivity index (χ0n) is 16.7. The summed E-state index contributed by atoms with van der Waals surface area (Å²) in [5.41, 5.74) is 0.521. The number of likely N-dealkylation sites (N-methyl/N-ethyl adjacent to an activating group) is 2. The first kappa shape index (κ1) is 21.3. The molecule has 6 nitrogen and oxygen atoms in total. The fraction of sp³-hybridized carbons (Fsp3) is 0.600. The van der Waals surface area contributed by atoms with Crippen molar-refractivity contribution < 1.29 is 14.0 Å². The Kier molecular flexibility index (Phi) is 8.19. The number of halogens is 1. The van der Waals surface area contributed by atoms with E-state index >= 15 is 0 Å². The smallest absolute Gasteiger partial charge is 0.236 e. The molecule has 2 rings (SSSR count). The van der Waals surface area contributed by atoms with Gasteiger partial charge in [-0.2, -0.15) is 0 Å². The summed E-state index contributed by atoms with van der Waals surface area (Å²) in [4.78, 5) is 32.3. The Morgan fingerprint density at radius 2 is 1.48 bits per heavy atom. The van der Waals surface area contributed by atoms with Crippen molar-refractivity contribution in [2.75, 3.05) is 59.4 Å². The van der Waals surface area contributed by atoms with E-state index < -0.39 is 0 Å². The number of rotatable bonds is 8. The molecule has 7 heteroatoms. The van der Waals surface area contributed by atoms with Crippen LogP contribution in [0.4, 0.5) is 4.39 Å². The molecular formula is C20H31FN4O2. The van der Waals surface area contributed by atoms with Crippen LogP contribution in [0.25, 0.3) is 0 Å². The number of carbonyl (C=O) groups is 2. The lowest BCUT2D eigenvalue weighted by atomic mass is 10.2. The molecule has 0 radical (unpaired) electrons. The fourth-order valence-electron chi connectivity index (χ4n) is 3.26. The number of amides is 2. The molecule has 2 amide bonds. The topological polar surface area (TPSA) is 47.1 Å². The molecule has 0 saturated carbocycles. The highest BCUT2D eigenvalue weighted by Crippen LogP contribution is 2.10. The third-order valence-corrected chi connectivity index (χ3v) is 5.09. The van der Waals surface area contributed by atoms with Gasteiger partial charge < -0.3 is 9.80 Å². The molecule has 1 aliphatic rings. The van der Waals surface area contributed by atoms with E-state index in [1.165, 1.54) is 6.07 Å². The highest BCUT2D eigenvalue weighted by atomic mass is 19.1. The van der Waals surface area contributed by atoms with Crippen LogP contribution in [0.3, 0.4) is 0 Å². The third-order valence-electron chi connectivity index (χ3n) is 5.09. The monoisotopic (exact) mass is 378 g/mol. The zero-order chi connectivity index (χ0) is 19.8. The van der Waals surface area contributed by atoms with Crippen molar-refractivity contribution in [3.8, 4) is 0 Å². The van der Waals surface area contributed by atoms with Crippen LogP contribution in [0.2, 0.25) is 0 Å². The number of piperazine rings is 1. The quantitative estimate of drug-likeness (QED) is 0.684. The van der Waals surface area contributed by atoms with Gasteiger partial charge in [0.05, 0.1) is 13.1 Å². The molecule has 1 saturated heterocycles. The van der Waals surface area contributed by atoms with Gasteiger partial charge in [-0.3, -0.25) is 19.4 Å². The Morgan fingerprint density at radius 1 is 0.963 bits per heavy atom. The van der Waals surface area contributed by atoms with Gasteiger partial charge in [0.1, 0.15) is 5.82 Å². The van der Waals surface area contributed by atoms with E-state index in [2.05, 4.69) is 9.80 Å². The molecule has 0 bridgehead atoms. The summed E-state index contributed by atoms with van der Waals surface area (Å²) < 4.78 is 13.7. The second kappa shape index (κ2) is 10.4. The van der Waals surface area contributed by atoms with E-state index in [9.17, 15) is 14.0 Å². The predicted molar refractivity (Wildman–Crippen MR) is 104 cm³/mol. The first-order valence-corrected chi connectivity index (χ1v) is 9.64. The number of hydrogen-bond donors (Lipinski definition) is 0. The first-order chi connectivity index (χ1) is 12.9. The molecule has 0 aromatic heterocycles. The van der Waals surface area contributed by atoms with Crippen LogP contribution in [-0.4, -0.2) is 90.8 Å². The van der Waals surface area contributed by atoms with Crippen molar-refractivity contribution in [1.29, 1.82) is 0 Å². The van der Waals surface area contributed by atoms with Gasteiger partial charge in [0, 0.05) is 58.4 Å². The largest absolute Gasteiger partial charge is 0.342 e. The molecule has 27 heavy (non-hydrogen) atoms. The average molecular weight is 378 g/mol. The summed E-state index contributed by atoms with van der Waals surface area (Å²) in [6.07, 6.45) is 0. The van der Waals surface area contributed by atoms with Crippen LogP contribution >= 0.6 is 0 Å². The van der Waals surface area contributed by atoms with Crippen molar-refractivity contribution >= 4 is 11.8 Å². The van der Waals surface area contributed by atoms with Crippen LogP contribution < -0.4 is 0 Å². The molecule has 1 aliphatic heterocycles. The Balaban J connectivity index is 1.75. The van der Waals surface area contributed by atoms with Gasteiger partial charge in [0.2, 0.25) is 11.8 Å². The summed E-state index contributed by atoms with van der Waals surface area (Å²) >= 11 is 0. The summed E-state index contributed by atoms with van der Waals surface area (Å²) in [5.74, 6) is -0.149. The minimum atomic E-state index is -0.288. The van der Waals surface area contributed by atoms with E-state index in [-0.39, 0.29) is 24.2 Å². The van der Waals surface area contributed by atoms with Crippen LogP contribution in [0, 0.1) is 5.82 Å². The minimum absolute atomic E-state index is 0.0223. The highest BCUT2D eigenvalue weighted by Gasteiger charge is 2.23. The second-order valence-electron chi connectivity index (χ2n) is 6.96. The van der Waals surface area contributed by atoms with Crippen LogP contribution in [0.15, 0.2) is 24.3 Å². The number of benzene rings is 1. The Labute approximate surface area is 161 Å². The Morgan fingerprint density at radius 3 is 2.00 bits per heavy atom.